The van der Waals surface area contributed by atoms with Crippen LogP contribution in [0, 0.1) is 10.1 Å². The minimum absolute atomic E-state index is 0.0907. The van der Waals surface area contributed by atoms with Crippen LogP contribution in [0.5, 0.6) is 5.75 Å². The number of nitrogens with zero attached hydrogens (tertiary/aromatic N) is 1. The highest BCUT2D eigenvalue weighted by atomic mass is 16.6. The minimum atomic E-state index is -0.842. The summed E-state index contributed by atoms with van der Waals surface area (Å²) in [5.74, 6) is -0.599. The van der Waals surface area contributed by atoms with Crippen LogP contribution in [0.1, 0.15) is 51.0 Å². The van der Waals surface area contributed by atoms with E-state index in [4.69, 9.17) is 4.74 Å². The number of unbranched alkanes of at least 4 members (excludes halogenated alkanes) is 4. The Balaban J connectivity index is 1.99. The Kier molecular flexibility index (Phi) is 9.51. The van der Waals surface area contributed by atoms with E-state index < -0.39 is 16.9 Å². The SMILES string of the molecule is CCCCCCCC(=O)N[C@@H](Cc1ccccc1)C(=O)Oc1ccc([N+](=O)[O-])cc1. The fourth-order valence-corrected chi connectivity index (χ4v) is 3.02. The first kappa shape index (κ1) is 23.1. The third-order valence-electron chi connectivity index (χ3n) is 4.68. The van der Waals surface area contributed by atoms with Crippen LogP contribution in [0.25, 0.3) is 0 Å². The summed E-state index contributed by atoms with van der Waals surface area (Å²) >= 11 is 0. The molecule has 0 aliphatic rings. The van der Waals surface area contributed by atoms with E-state index in [1.54, 1.807) is 0 Å². The molecule has 0 bridgehead atoms. The smallest absolute Gasteiger partial charge is 0.334 e. The van der Waals surface area contributed by atoms with Crippen molar-refractivity contribution in [3.63, 3.8) is 0 Å². The lowest BCUT2D eigenvalue weighted by atomic mass is 10.1. The van der Waals surface area contributed by atoms with Crippen molar-refractivity contribution in [1.29, 1.82) is 0 Å². The molecule has 0 unspecified atom stereocenters. The van der Waals surface area contributed by atoms with Gasteiger partial charge in [0.05, 0.1) is 4.92 Å². The van der Waals surface area contributed by atoms with E-state index in [0.717, 1.165) is 37.7 Å². The number of nitro benzene ring substituents is 1. The number of carbonyl (C=O) groups is 2. The maximum Gasteiger partial charge on any atom is 0.334 e. The average molecular weight is 412 g/mol. The summed E-state index contributed by atoms with van der Waals surface area (Å²) in [6, 6.07) is 13.8. The molecule has 0 radical (unpaired) electrons. The van der Waals surface area contributed by atoms with Crippen molar-refractivity contribution in [3.8, 4) is 5.75 Å². The monoisotopic (exact) mass is 412 g/mol. The molecule has 0 spiro atoms. The van der Waals surface area contributed by atoms with Crippen LogP contribution in [-0.2, 0) is 16.0 Å². The van der Waals surface area contributed by atoms with Crippen LogP contribution < -0.4 is 10.1 Å². The molecule has 1 atom stereocenters. The van der Waals surface area contributed by atoms with Crippen LogP contribution >= 0.6 is 0 Å². The molecule has 7 nitrogen and oxygen atoms in total. The van der Waals surface area contributed by atoms with Gasteiger partial charge in [0.2, 0.25) is 5.91 Å². The highest BCUT2D eigenvalue weighted by molar-refractivity contribution is 5.85. The zero-order valence-electron chi connectivity index (χ0n) is 17.2. The lowest BCUT2D eigenvalue weighted by molar-refractivity contribution is -0.384. The number of nitrogens with one attached hydrogen (secondary N) is 1. The number of esters is 1. The summed E-state index contributed by atoms with van der Waals surface area (Å²) < 4.78 is 5.37. The summed E-state index contributed by atoms with van der Waals surface area (Å²) in [5.41, 5.74) is 0.804. The molecule has 0 aliphatic carbocycles. The summed E-state index contributed by atoms with van der Waals surface area (Å²) in [5, 5.41) is 13.5. The van der Waals surface area contributed by atoms with Gasteiger partial charge in [-0.05, 0) is 24.1 Å². The second kappa shape index (κ2) is 12.4. The zero-order chi connectivity index (χ0) is 21.8. The van der Waals surface area contributed by atoms with Gasteiger partial charge in [-0.1, -0.05) is 62.9 Å². The molecular weight excluding hydrogens is 384 g/mol. The van der Waals surface area contributed by atoms with E-state index in [-0.39, 0.29) is 17.3 Å². The number of benzene rings is 2. The first-order valence-corrected chi connectivity index (χ1v) is 10.3. The Labute approximate surface area is 176 Å². The third-order valence-corrected chi connectivity index (χ3v) is 4.68. The Morgan fingerprint density at radius 2 is 1.67 bits per heavy atom. The number of hydrogen-bond acceptors (Lipinski definition) is 5. The van der Waals surface area contributed by atoms with E-state index in [2.05, 4.69) is 12.2 Å². The fraction of sp³-hybridized carbons (Fsp3) is 0.391. The largest absolute Gasteiger partial charge is 0.425 e. The summed E-state index contributed by atoms with van der Waals surface area (Å²) in [7, 11) is 0. The predicted molar refractivity (Wildman–Crippen MR) is 114 cm³/mol. The van der Waals surface area contributed by atoms with Crippen molar-refractivity contribution in [2.75, 3.05) is 0 Å². The van der Waals surface area contributed by atoms with Gasteiger partial charge in [-0.2, -0.15) is 0 Å². The van der Waals surface area contributed by atoms with Gasteiger partial charge in [-0.15, -0.1) is 0 Å². The number of hydrogen-bond donors (Lipinski definition) is 1. The van der Waals surface area contributed by atoms with Crippen molar-refractivity contribution >= 4 is 17.6 Å². The number of nitro groups is 1. The van der Waals surface area contributed by atoms with Crippen LogP contribution in [0.4, 0.5) is 5.69 Å². The van der Waals surface area contributed by atoms with Gasteiger partial charge in [0, 0.05) is 25.0 Å². The molecule has 2 aromatic rings. The lowest BCUT2D eigenvalue weighted by Gasteiger charge is -2.18. The van der Waals surface area contributed by atoms with Gasteiger partial charge in [0.1, 0.15) is 11.8 Å². The number of non-ortho nitro benzene ring substituents is 1. The quantitative estimate of drug-likeness (QED) is 0.181. The molecule has 0 saturated heterocycles. The molecule has 30 heavy (non-hydrogen) atoms. The molecule has 0 saturated carbocycles. The molecule has 1 amide bonds. The molecular formula is C23H28N2O5. The van der Waals surface area contributed by atoms with Crippen molar-refractivity contribution in [2.24, 2.45) is 0 Å². The average Bonchev–Trinajstić information content (AvgIpc) is 2.74. The van der Waals surface area contributed by atoms with Gasteiger partial charge >= 0.3 is 5.97 Å². The summed E-state index contributed by atoms with van der Waals surface area (Å²) in [6.07, 6.45) is 5.81. The Morgan fingerprint density at radius 1 is 1.00 bits per heavy atom. The first-order chi connectivity index (χ1) is 14.5. The highest BCUT2D eigenvalue weighted by Gasteiger charge is 2.23. The molecule has 2 rings (SSSR count). The predicted octanol–water partition coefficient (Wildman–Crippen LogP) is 4.59. The summed E-state index contributed by atoms with van der Waals surface area (Å²) in [6.45, 7) is 2.14. The minimum Gasteiger partial charge on any atom is -0.425 e. The Morgan fingerprint density at radius 3 is 2.30 bits per heavy atom. The molecule has 0 heterocycles. The highest BCUT2D eigenvalue weighted by Crippen LogP contribution is 2.18. The molecule has 7 heteroatoms. The topological polar surface area (TPSA) is 98.5 Å². The first-order valence-electron chi connectivity index (χ1n) is 10.3. The lowest BCUT2D eigenvalue weighted by Crippen LogP contribution is -2.44. The van der Waals surface area contributed by atoms with Gasteiger partial charge in [0.15, 0.2) is 0 Å². The van der Waals surface area contributed by atoms with Gasteiger partial charge in [0.25, 0.3) is 5.69 Å². The van der Waals surface area contributed by atoms with Crippen molar-refractivity contribution in [3.05, 3.63) is 70.3 Å². The normalized spacial score (nSPS) is 11.5. The zero-order valence-corrected chi connectivity index (χ0v) is 17.2. The van der Waals surface area contributed by atoms with Gasteiger partial charge in [-0.25, -0.2) is 4.79 Å². The van der Waals surface area contributed by atoms with E-state index >= 15 is 0 Å². The maximum absolute atomic E-state index is 12.7. The third kappa shape index (κ3) is 8.03. The van der Waals surface area contributed by atoms with Crippen LogP contribution in [0.2, 0.25) is 0 Å². The van der Waals surface area contributed by atoms with Crippen LogP contribution in [-0.4, -0.2) is 22.8 Å². The molecule has 2 aromatic carbocycles. The van der Waals surface area contributed by atoms with Crippen molar-refractivity contribution < 1.29 is 19.2 Å². The van der Waals surface area contributed by atoms with E-state index in [1.165, 1.54) is 24.3 Å². The maximum atomic E-state index is 12.7. The van der Waals surface area contributed by atoms with Crippen molar-refractivity contribution in [1.82, 2.24) is 5.32 Å². The Bertz CT molecular complexity index is 821. The molecule has 160 valence electrons. The second-order valence-electron chi connectivity index (χ2n) is 7.15. The van der Waals surface area contributed by atoms with Crippen LogP contribution in [0.3, 0.4) is 0 Å². The standard InChI is InChI=1S/C23H28N2O5/c1-2-3-4-5-9-12-22(26)24-21(17-18-10-7-6-8-11-18)23(27)30-20-15-13-19(14-16-20)25(28)29/h6-8,10-11,13-16,21H,2-5,9,12,17H2,1H3,(H,24,26)/t21-/m0/s1. The van der Waals surface area contributed by atoms with E-state index in [1.807, 2.05) is 30.3 Å². The molecule has 0 aliphatic heterocycles. The Hall–Kier alpha value is -3.22. The van der Waals surface area contributed by atoms with Crippen LogP contribution in [0.15, 0.2) is 54.6 Å². The fourth-order valence-electron chi connectivity index (χ4n) is 3.02. The molecule has 1 N–H and O–H groups in total. The summed E-state index contributed by atoms with van der Waals surface area (Å²) in [4.78, 5) is 35.3. The molecule has 0 aromatic heterocycles. The van der Waals surface area contributed by atoms with Crippen molar-refractivity contribution in [2.45, 2.75) is 57.9 Å². The number of rotatable bonds is 12. The number of amides is 1. The number of ether oxygens (including phenoxy) is 1. The molecule has 0 fully saturated rings. The van der Waals surface area contributed by atoms with Gasteiger partial charge < -0.3 is 10.1 Å². The number of carbonyl (C=O) groups excluding carboxylic acids is 2. The van der Waals surface area contributed by atoms with E-state index in [9.17, 15) is 19.7 Å². The van der Waals surface area contributed by atoms with E-state index in [0.29, 0.717) is 12.8 Å². The second-order valence-corrected chi connectivity index (χ2v) is 7.15. The van der Waals surface area contributed by atoms with Gasteiger partial charge in [-0.3, -0.25) is 14.9 Å².